The van der Waals surface area contributed by atoms with E-state index in [1.54, 1.807) is 20.8 Å². The summed E-state index contributed by atoms with van der Waals surface area (Å²) in [6.07, 6.45) is 5.70. The van der Waals surface area contributed by atoms with E-state index < -0.39 is 86.6 Å². The van der Waals surface area contributed by atoms with Crippen LogP contribution < -0.4 is 9.47 Å². The third kappa shape index (κ3) is 10.00. The van der Waals surface area contributed by atoms with E-state index in [0.717, 1.165) is 6.08 Å². The quantitative estimate of drug-likeness (QED) is 0.0283. The standard InChI is InChI=1S/C43H53FN2O17/c1-27-22-32-31-14-13-29-24-30(47)17-18-40(29,2)42(31,44)35(48)25-41(32,3)43(27,63-38(51)10-6-5-7-20-60-45(53)54)36(49)26-59-39(52)62-33-15-11-28(23-34(33)57-4)12-16-37(50)58-19-8-9-21-61-46(55)56/h11-12,15-18,23-24,27,31-32,35,48H,5-10,13-14,19-22,25-26H2,1-4H3/b16-12+/t27-,31?,32?,35-,40-,41-,42-,43-/m0/s1. The number of carbonyl (C=O) groups is 5. The zero-order valence-electron chi connectivity index (χ0n) is 35.6. The van der Waals surface area contributed by atoms with Crippen LogP contribution in [0.5, 0.6) is 11.5 Å². The highest BCUT2D eigenvalue weighted by Crippen LogP contribution is 2.71. The molecule has 3 fully saturated rings. The average Bonchev–Trinajstić information content (AvgIpc) is 3.44. The minimum atomic E-state index is -2.24. The number of fused-ring (bicyclic) bond motifs is 5. The highest BCUT2D eigenvalue weighted by molar-refractivity contribution is 6.01. The maximum atomic E-state index is 17.9. The summed E-state index contributed by atoms with van der Waals surface area (Å²) >= 11 is 0. The molecule has 5 rings (SSSR count). The first kappa shape index (κ1) is 48.1. The Kier molecular flexibility index (Phi) is 15.3. The molecule has 1 N–H and O–H groups in total. The van der Waals surface area contributed by atoms with Crippen LogP contribution in [0.15, 0.2) is 48.1 Å². The maximum absolute atomic E-state index is 17.9. The number of aliphatic hydroxyl groups excluding tert-OH is 1. The Bertz CT molecular complexity index is 2040. The number of unbranched alkanes of at least 4 members (excludes halogenated alkanes) is 3. The Hall–Kier alpha value is -5.92. The first-order chi connectivity index (χ1) is 29.8. The highest BCUT2D eigenvalue weighted by Gasteiger charge is 2.77. The van der Waals surface area contributed by atoms with Gasteiger partial charge >= 0.3 is 18.1 Å². The molecule has 344 valence electrons. The lowest BCUT2D eigenvalue weighted by Crippen LogP contribution is -2.70. The number of carbonyl (C=O) groups excluding carboxylic acids is 5. The fraction of sp³-hybridized carbons (Fsp3) is 0.605. The molecule has 0 radical (unpaired) electrons. The number of alkyl halides is 1. The number of rotatable bonds is 21. The summed E-state index contributed by atoms with van der Waals surface area (Å²) in [6.45, 7) is 3.84. The first-order valence-corrected chi connectivity index (χ1v) is 20.8. The number of benzene rings is 1. The van der Waals surface area contributed by atoms with Gasteiger partial charge in [-0.2, -0.15) is 0 Å². The number of ether oxygens (including phenoxy) is 5. The fourth-order valence-electron chi connectivity index (χ4n) is 10.3. The lowest BCUT2D eigenvalue weighted by atomic mass is 9.44. The number of ketones is 2. The van der Waals surface area contributed by atoms with E-state index in [-0.39, 0.29) is 75.6 Å². The van der Waals surface area contributed by atoms with E-state index in [1.165, 1.54) is 49.6 Å². The largest absolute Gasteiger partial charge is 0.514 e. The molecule has 19 nitrogen and oxygen atoms in total. The molecule has 0 aromatic heterocycles. The number of methoxy groups -OCH3 is 1. The van der Waals surface area contributed by atoms with Crippen LogP contribution in [0, 0.1) is 48.8 Å². The molecule has 8 atom stereocenters. The topological polar surface area (TPSA) is 256 Å². The van der Waals surface area contributed by atoms with Crippen molar-refractivity contribution < 1.29 is 77.0 Å². The van der Waals surface area contributed by atoms with Crippen molar-refractivity contribution in [3.8, 4) is 11.5 Å². The fourth-order valence-corrected chi connectivity index (χ4v) is 10.3. The molecule has 0 spiro atoms. The van der Waals surface area contributed by atoms with Crippen LogP contribution in [-0.2, 0) is 43.1 Å². The summed E-state index contributed by atoms with van der Waals surface area (Å²) in [5.74, 6) is -4.75. The summed E-state index contributed by atoms with van der Waals surface area (Å²) in [6, 6.07) is 4.29. The van der Waals surface area contributed by atoms with Crippen molar-refractivity contribution in [2.24, 2.45) is 28.6 Å². The Balaban J connectivity index is 1.31. The second kappa shape index (κ2) is 20.1. The van der Waals surface area contributed by atoms with E-state index in [2.05, 4.69) is 9.68 Å². The summed E-state index contributed by atoms with van der Waals surface area (Å²) in [7, 11) is 1.30. The summed E-state index contributed by atoms with van der Waals surface area (Å²) < 4.78 is 45.3. The van der Waals surface area contributed by atoms with Gasteiger partial charge in [-0.1, -0.05) is 38.0 Å². The lowest BCUT2D eigenvalue weighted by Gasteiger charge is -2.62. The third-order valence-electron chi connectivity index (χ3n) is 13.2. The van der Waals surface area contributed by atoms with Gasteiger partial charge in [0.25, 0.3) is 10.2 Å². The average molecular weight is 889 g/mol. The van der Waals surface area contributed by atoms with Crippen molar-refractivity contribution >= 4 is 35.7 Å². The number of allylic oxidation sites excluding steroid dienone is 4. The number of hydrogen-bond acceptors (Lipinski definition) is 17. The molecule has 0 amide bonds. The molecule has 0 bridgehead atoms. The normalized spacial score (nSPS) is 29.3. The van der Waals surface area contributed by atoms with Gasteiger partial charge in [-0.05, 0) is 100 Å². The molecule has 4 aliphatic carbocycles. The number of halogens is 1. The molecular formula is C43H53FN2O17. The van der Waals surface area contributed by atoms with Gasteiger partial charge in [0.15, 0.2) is 35.2 Å². The number of hydrogen-bond donors (Lipinski definition) is 1. The van der Waals surface area contributed by atoms with Gasteiger partial charge in [0.1, 0.15) is 0 Å². The minimum absolute atomic E-state index is 0.0134. The van der Waals surface area contributed by atoms with Crippen molar-refractivity contribution in [1.29, 1.82) is 0 Å². The predicted octanol–water partition coefficient (Wildman–Crippen LogP) is 5.99. The molecular weight excluding hydrogens is 835 g/mol. The molecule has 3 saturated carbocycles. The number of nitrogens with zero attached hydrogens (tertiary/aromatic N) is 2. The van der Waals surface area contributed by atoms with Crippen LogP contribution in [0.1, 0.15) is 90.5 Å². The van der Waals surface area contributed by atoms with Crippen molar-refractivity contribution in [1.82, 2.24) is 0 Å². The number of esters is 2. The van der Waals surface area contributed by atoms with Gasteiger partial charge in [-0.25, -0.2) is 14.0 Å². The van der Waals surface area contributed by atoms with Crippen LogP contribution >= 0.6 is 0 Å². The van der Waals surface area contributed by atoms with Gasteiger partial charge in [0, 0.05) is 35.2 Å². The van der Waals surface area contributed by atoms with Crippen LogP contribution in [0.4, 0.5) is 9.18 Å². The monoisotopic (exact) mass is 888 g/mol. The molecule has 63 heavy (non-hydrogen) atoms. The molecule has 1 aromatic carbocycles. The van der Waals surface area contributed by atoms with Crippen molar-refractivity contribution in [2.45, 2.75) is 102 Å². The summed E-state index contributed by atoms with van der Waals surface area (Å²) in [4.78, 5) is 95.2. The third-order valence-corrected chi connectivity index (χ3v) is 13.2. The second-order valence-electron chi connectivity index (χ2n) is 16.7. The Labute approximate surface area is 362 Å². The highest BCUT2D eigenvalue weighted by atomic mass is 19.1. The molecule has 2 unspecified atom stereocenters. The number of Topliss-reactive ketones (excluding diaryl/α,β-unsaturated/α-hetero) is 1. The van der Waals surface area contributed by atoms with Crippen LogP contribution in [-0.4, -0.2) is 95.9 Å². The SMILES string of the molecule is COc1cc(/C=C/C(=O)OCCCCO[N+](=O)[O-])ccc1OC(=O)OCC(=O)[C@@]1(OC(=O)CCCCCO[N+](=O)[O-])[C@@H](C)CC2C3CCC4=CC(=O)C=C[C@]4(C)[C@@]3(F)[C@@H](O)C[C@@]21C. The zero-order chi connectivity index (χ0) is 46.2. The summed E-state index contributed by atoms with van der Waals surface area (Å²) in [5, 5.41) is 30.8. The predicted molar refractivity (Wildman–Crippen MR) is 215 cm³/mol. The molecule has 20 heteroatoms. The number of aliphatic hydroxyl groups is 1. The van der Waals surface area contributed by atoms with E-state index in [0.29, 0.717) is 36.8 Å². The Morgan fingerprint density at radius 2 is 1.63 bits per heavy atom. The van der Waals surface area contributed by atoms with Crippen LogP contribution in [0.2, 0.25) is 0 Å². The van der Waals surface area contributed by atoms with E-state index in [1.807, 2.05) is 0 Å². The molecule has 0 saturated heterocycles. The van der Waals surface area contributed by atoms with Crippen molar-refractivity contribution in [3.05, 3.63) is 73.9 Å². The maximum Gasteiger partial charge on any atom is 0.514 e. The second-order valence-corrected chi connectivity index (χ2v) is 16.7. The van der Waals surface area contributed by atoms with Gasteiger partial charge in [-0.3, -0.25) is 14.4 Å². The molecule has 0 heterocycles. The lowest BCUT2D eigenvalue weighted by molar-refractivity contribution is -0.757. The molecule has 1 aromatic rings. The van der Waals surface area contributed by atoms with Gasteiger partial charge in [0.05, 0.1) is 33.0 Å². The summed E-state index contributed by atoms with van der Waals surface area (Å²) in [5.41, 5.74) is -5.88. The van der Waals surface area contributed by atoms with Gasteiger partial charge < -0.3 is 38.5 Å². The van der Waals surface area contributed by atoms with Gasteiger partial charge in [-0.15, -0.1) is 20.2 Å². The van der Waals surface area contributed by atoms with E-state index in [4.69, 9.17) is 23.7 Å². The zero-order valence-corrected chi connectivity index (χ0v) is 35.6. The minimum Gasteiger partial charge on any atom is -0.493 e. The Morgan fingerprint density at radius 3 is 2.32 bits per heavy atom. The smallest absolute Gasteiger partial charge is 0.493 e. The molecule has 4 aliphatic rings. The van der Waals surface area contributed by atoms with E-state index in [9.17, 15) is 49.3 Å². The van der Waals surface area contributed by atoms with Crippen LogP contribution in [0.3, 0.4) is 0 Å². The van der Waals surface area contributed by atoms with E-state index >= 15 is 4.39 Å². The molecule has 0 aliphatic heterocycles. The Morgan fingerprint density at radius 1 is 0.952 bits per heavy atom. The van der Waals surface area contributed by atoms with Crippen molar-refractivity contribution in [3.63, 3.8) is 0 Å². The van der Waals surface area contributed by atoms with Crippen molar-refractivity contribution in [2.75, 3.05) is 33.5 Å². The van der Waals surface area contributed by atoms with Crippen LogP contribution in [0.25, 0.3) is 6.08 Å². The first-order valence-electron chi connectivity index (χ1n) is 20.8. The van der Waals surface area contributed by atoms with Gasteiger partial charge in [0.2, 0.25) is 5.78 Å².